The second-order valence-electron chi connectivity index (χ2n) is 5.60. The van der Waals surface area contributed by atoms with Crippen molar-refractivity contribution in [2.24, 2.45) is 5.10 Å². The summed E-state index contributed by atoms with van der Waals surface area (Å²) in [6, 6.07) is 8.24. The Kier molecular flexibility index (Phi) is 7.11. The number of hydrogen-bond donors (Lipinski definition) is 2. The number of phenols is 1. The molecular formula is C17H19BrN4O5S. The summed E-state index contributed by atoms with van der Waals surface area (Å²) in [4.78, 5) is 10.2. The van der Waals surface area contributed by atoms with Gasteiger partial charge in [0.2, 0.25) is 10.0 Å². The number of hydrogen-bond acceptors (Lipinski definition) is 7. The molecule has 0 aliphatic carbocycles. The number of nitrogens with zero attached hydrogens (tertiary/aromatic N) is 3. The highest BCUT2D eigenvalue weighted by Crippen LogP contribution is 2.29. The smallest absolute Gasteiger partial charge is 0.270 e. The van der Waals surface area contributed by atoms with E-state index in [9.17, 15) is 23.6 Å². The van der Waals surface area contributed by atoms with Crippen LogP contribution in [0.1, 0.15) is 19.4 Å². The van der Waals surface area contributed by atoms with Gasteiger partial charge in [-0.15, -0.1) is 0 Å². The van der Waals surface area contributed by atoms with E-state index in [1.54, 1.807) is 26.0 Å². The van der Waals surface area contributed by atoms with E-state index in [1.165, 1.54) is 28.7 Å². The van der Waals surface area contributed by atoms with Crippen molar-refractivity contribution in [2.75, 3.05) is 18.5 Å². The molecule has 0 atom stereocenters. The Labute approximate surface area is 171 Å². The number of aromatic hydroxyl groups is 1. The minimum absolute atomic E-state index is 0.00608. The summed E-state index contributed by atoms with van der Waals surface area (Å²) in [5.41, 5.74) is 2.74. The molecule has 2 aromatic rings. The van der Waals surface area contributed by atoms with Crippen molar-refractivity contribution in [1.29, 1.82) is 0 Å². The topological polar surface area (TPSA) is 125 Å². The van der Waals surface area contributed by atoms with Gasteiger partial charge in [-0.1, -0.05) is 29.8 Å². The van der Waals surface area contributed by atoms with E-state index < -0.39 is 14.9 Å². The van der Waals surface area contributed by atoms with Crippen molar-refractivity contribution < 1.29 is 18.4 Å². The molecule has 28 heavy (non-hydrogen) atoms. The quantitative estimate of drug-likeness (QED) is 0.345. The lowest BCUT2D eigenvalue weighted by Gasteiger charge is -2.20. The predicted molar refractivity (Wildman–Crippen MR) is 110 cm³/mol. The Bertz CT molecular complexity index is 1010. The zero-order chi connectivity index (χ0) is 20.9. The van der Waals surface area contributed by atoms with Crippen LogP contribution in [0.5, 0.6) is 5.75 Å². The van der Waals surface area contributed by atoms with Crippen LogP contribution < -0.4 is 5.43 Å². The third-order valence-electron chi connectivity index (χ3n) is 3.88. The maximum absolute atomic E-state index is 12.9. The van der Waals surface area contributed by atoms with Gasteiger partial charge in [0, 0.05) is 35.3 Å². The van der Waals surface area contributed by atoms with Crippen LogP contribution in [0.2, 0.25) is 0 Å². The van der Waals surface area contributed by atoms with Crippen LogP contribution in [0.15, 0.2) is 50.9 Å². The monoisotopic (exact) mass is 470 g/mol. The molecular weight excluding hydrogens is 452 g/mol. The van der Waals surface area contributed by atoms with Crippen LogP contribution in [-0.2, 0) is 10.0 Å². The van der Waals surface area contributed by atoms with Crippen LogP contribution in [0.3, 0.4) is 0 Å². The van der Waals surface area contributed by atoms with Gasteiger partial charge >= 0.3 is 0 Å². The van der Waals surface area contributed by atoms with E-state index in [-0.39, 0.29) is 35.1 Å². The molecule has 2 N–H and O–H groups in total. The summed E-state index contributed by atoms with van der Waals surface area (Å²) in [6.45, 7) is 3.80. The van der Waals surface area contributed by atoms with Gasteiger partial charge in [-0.05, 0) is 24.3 Å². The van der Waals surface area contributed by atoms with Crippen molar-refractivity contribution in [1.82, 2.24) is 4.31 Å². The number of non-ortho nitro benzene ring substituents is 1. The second-order valence-corrected chi connectivity index (χ2v) is 8.42. The third-order valence-corrected chi connectivity index (χ3v) is 6.46. The fraction of sp³-hybridized carbons (Fsp3) is 0.235. The van der Waals surface area contributed by atoms with Gasteiger partial charge in [0.15, 0.2) is 0 Å². The number of benzene rings is 2. The summed E-state index contributed by atoms with van der Waals surface area (Å²) in [5.74, 6) is -0.00608. The Hall–Kier alpha value is -2.50. The summed E-state index contributed by atoms with van der Waals surface area (Å²) in [7, 11) is -3.96. The van der Waals surface area contributed by atoms with E-state index in [2.05, 4.69) is 26.5 Å². The molecule has 0 saturated carbocycles. The fourth-order valence-electron chi connectivity index (χ4n) is 2.43. The molecule has 2 rings (SSSR count). The minimum atomic E-state index is -3.96. The summed E-state index contributed by atoms with van der Waals surface area (Å²) in [5, 5.41) is 24.9. The number of sulfonamides is 1. The molecule has 150 valence electrons. The molecule has 0 saturated heterocycles. The lowest BCUT2D eigenvalue weighted by atomic mass is 10.2. The highest BCUT2D eigenvalue weighted by molar-refractivity contribution is 9.10. The molecule has 0 aliphatic heterocycles. The zero-order valence-electron chi connectivity index (χ0n) is 15.2. The molecule has 11 heteroatoms. The van der Waals surface area contributed by atoms with E-state index in [0.29, 0.717) is 5.56 Å². The number of nitro benzene ring substituents is 1. The van der Waals surface area contributed by atoms with E-state index in [0.717, 1.165) is 10.5 Å². The maximum atomic E-state index is 12.9. The van der Waals surface area contributed by atoms with Gasteiger partial charge in [-0.2, -0.15) is 9.41 Å². The number of phenolic OH excluding ortho intramolecular Hbond substituents is 1. The average molecular weight is 471 g/mol. The van der Waals surface area contributed by atoms with Gasteiger partial charge in [0.25, 0.3) is 5.69 Å². The summed E-state index contributed by atoms with van der Waals surface area (Å²) < 4.78 is 27.7. The first-order valence-corrected chi connectivity index (χ1v) is 10.5. The van der Waals surface area contributed by atoms with Crippen LogP contribution in [-0.4, -0.2) is 42.1 Å². The first-order chi connectivity index (χ1) is 13.2. The molecule has 0 amide bonds. The molecule has 0 aromatic heterocycles. The number of rotatable bonds is 8. The molecule has 0 aliphatic rings. The molecule has 0 radical (unpaired) electrons. The zero-order valence-corrected chi connectivity index (χ0v) is 17.6. The number of nitrogens with one attached hydrogen (secondary N) is 1. The van der Waals surface area contributed by atoms with Crippen molar-refractivity contribution >= 4 is 43.5 Å². The molecule has 0 fully saturated rings. The first-order valence-electron chi connectivity index (χ1n) is 8.26. The Balaban J connectivity index is 2.45. The van der Waals surface area contributed by atoms with Crippen LogP contribution in [0.25, 0.3) is 0 Å². The Morgan fingerprint density at radius 2 is 1.93 bits per heavy atom. The fourth-order valence-corrected chi connectivity index (χ4v) is 4.43. The second kappa shape index (κ2) is 9.13. The predicted octanol–water partition coefficient (Wildman–Crippen LogP) is 3.54. The van der Waals surface area contributed by atoms with Crippen molar-refractivity contribution in [3.8, 4) is 5.75 Å². The number of hydrazone groups is 1. The van der Waals surface area contributed by atoms with Gasteiger partial charge in [-0.25, -0.2) is 8.42 Å². The largest absolute Gasteiger partial charge is 0.507 e. The maximum Gasteiger partial charge on any atom is 0.270 e. The Morgan fingerprint density at radius 3 is 2.54 bits per heavy atom. The lowest BCUT2D eigenvalue weighted by Crippen LogP contribution is -2.31. The number of anilines is 1. The molecule has 0 heterocycles. The van der Waals surface area contributed by atoms with Crippen LogP contribution >= 0.6 is 15.9 Å². The van der Waals surface area contributed by atoms with Crippen LogP contribution in [0, 0.1) is 10.1 Å². The molecule has 0 spiro atoms. The summed E-state index contributed by atoms with van der Waals surface area (Å²) in [6.07, 6.45) is 1.31. The highest BCUT2D eigenvalue weighted by atomic mass is 79.9. The normalized spacial score (nSPS) is 11.9. The SMILES string of the molecule is CCN(CC)S(=O)(=O)c1cc([N+](=O)[O-])ccc1N/N=C/c1cc(Br)ccc1O. The standard InChI is InChI=1S/C17H19BrN4O5S/c1-3-21(4-2)28(26,27)17-10-14(22(24)25)6-7-15(17)20-19-11-12-9-13(18)5-8-16(12)23/h5-11,20,23H,3-4H2,1-2H3/b19-11+. The summed E-state index contributed by atoms with van der Waals surface area (Å²) >= 11 is 3.28. The van der Waals surface area contributed by atoms with Crippen molar-refractivity contribution in [2.45, 2.75) is 18.7 Å². The third kappa shape index (κ3) is 4.86. The van der Waals surface area contributed by atoms with Gasteiger partial charge in [0.05, 0.1) is 16.8 Å². The molecule has 0 unspecified atom stereocenters. The molecule has 2 aromatic carbocycles. The highest BCUT2D eigenvalue weighted by Gasteiger charge is 2.27. The van der Waals surface area contributed by atoms with Gasteiger partial charge < -0.3 is 5.11 Å². The minimum Gasteiger partial charge on any atom is -0.507 e. The van der Waals surface area contributed by atoms with Gasteiger partial charge in [0.1, 0.15) is 10.6 Å². The Morgan fingerprint density at radius 1 is 1.25 bits per heavy atom. The van der Waals surface area contributed by atoms with E-state index >= 15 is 0 Å². The van der Waals surface area contributed by atoms with Gasteiger partial charge in [-0.3, -0.25) is 15.5 Å². The number of nitro groups is 1. The number of halogens is 1. The molecule has 9 nitrogen and oxygen atoms in total. The van der Waals surface area contributed by atoms with E-state index in [1.807, 2.05) is 0 Å². The van der Waals surface area contributed by atoms with Crippen molar-refractivity contribution in [3.63, 3.8) is 0 Å². The molecule has 0 bridgehead atoms. The van der Waals surface area contributed by atoms with E-state index in [4.69, 9.17) is 0 Å². The first kappa shape index (κ1) is 21.8. The average Bonchev–Trinajstić information content (AvgIpc) is 2.65. The lowest BCUT2D eigenvalue weighted by molar-refractivity contribution is -0.385. The van der Waals surface area contributed by atoms with Crippen LogP contribution in [0.4, 0.5) is 11.4 Å². The van der Waals surface area contributed by atoms with Crippen molar-refractivity contribution in [3.05, 3.63) is 56.5 Å².